The Morgan fingerprint density at radius 1 is 1.20 bits per heavy atom. The van der Waals surface area contributed by atoms with Crippen LogP contribution in [-0.2, 0) is 10.3 Å². The molecule has 0 unspecified atom stereocenters. The molecule has 0 spiro atoms. The van der Waals surface area contributed by atoms with Crippen LogP contribution in [0.4, 0.5) is 15.8 Å². The zero-order valence-corrected chi connectivity index (χ0v) is 23.1. The van der Waals surface area contributed by atoms with Crippen LogP contribution in [0.15, 0.2) is 48.8 Å². The lowest BCUT2D eigenvalue weighted by molar-refractivity contribution is -0.131. The second-order valence-corrected chi connectivity index (χ2v) is 11.6. The minimum Gasteiger partial charge on any atom is -0.383 e. The lowest BCUT2D eigenvalue weighted by Gasteiger charge is -2.38. The zero-order chi connectivity index (χ0) is 29.4. The normalized spacial score (nSPS) is 14.9. The predicted molar refractivity (Wildman–Crippen MR) is 152 cm³/mol. The van der Waals surface area contributed by atoms with E-state index in [0.717, 1.165) is 6.42 Å². The number of nitrogens with two attached hydrogens (primary N) is 1. The number of carbonyl (C=O) groups is 1. The lowest BCUT2D eigenvalue weighted by Crippen LogP contribution is -2.51. The zero-order valence-electron chi connectivity index (χ0n) is 23.1. The maximum atomic E-state index is 13.9. The molecule has 0 bridgehead atoms. The van der Waals surface area contributed by atoms with E-state index in [1.165, 1.54) is 23.0 Å². The van der Waals surface area contributed by atoms with E-state index in [-0.39, 0.29) is 5.41 Å². The largest absolute Gasteiger partial charge is 0.383 e. The SMILES string of the molecule is CC(C)(C)CNc1c(C#N)cnc2c(N[C@@H](c3ccc(F)cc3)c3cn(C4(C(N)=O)CCC4)nn3)cc(C#N)cc12. The van der Waals surface area contributed by atoms with Crippen LogP contribution in [0.1, 0.15) is 68.5 Å². The number of anilines is 2. The van der Waals surface area contributed by atoms with Gasteiger partial charge in [0.25, 0.3) is 0 Å². The number of nitrogens with one attached hydrogen (secondary N) is 2. The van der Waals surface area contributed by atoms with E-state index in [4.69, 9.17) is 5.73 Å². The molecule has 2 aromatic carbocycles. The van der Waals surface area contributed by atoms with Gasteiger partial charge in [0, 0.05) is 18.1 Å². The number of hydrogen-bond donors (Lipinski definition) is 3. The van der Waals surface area contributed by atoms with Crippen molar-refractivity contribution < 1.29 is 9.18 Å². The Morgan fingerprint density at radius 3 is 2.51 bits per heavy atom. The van der Waals surface area contributed by atoms with Gasteiger partial charge in [-0.2, -0.15) is 10.5 Å². The molecular formula is C30H30FN9O. The maximum Gasteiger partial charge on any atom is 0.245 e. The highest BCUT2D eigenvalue weighted by atomic mass is 19.1. The van der Waals surface area contributed by atoms with E-state index in [0.29, 0.717) is 64.0 Å². The third-order valence-electron chi connectivity index (χ3n) is 7.40. The summed E-state index contributed by atoms with van der Waals surface area (Å²) in [5.74, 6) is -0.859. The second kappa shape index (κ2) is 10.5. The number of amides is 1. The van der Waals surface area contributed by atoms with Crippen molar-refractivity contribution in [2.75, 3.05) is 17.2 Å². The lowest BCUT2D eigenvalue weighted by atomic mass is 9.76. The highest BCUT2D eigenvalue weighted by molar-refractivity contribution is 6.01. The topological polar surface area (TPSA) is 158 Å². The number of aromatic nitrogens is 4. The van der Waals surface area contributed by atoms with Gasteiger partial charge in [-0.25, -0.2) is 9.07 Å². The first-order valence-electron chi connectivity index (χ1n) is 13.3. The summed E-state index contributed by atoms with van der Waals surface area (Å²) in [6.07, 6.45) is 5.18. The minimum atomic E-state index is -0.922. The average molecular weight is 552 g/mol. The van der Waals surface area contributed by atoms with Gasteiger partial charge in [-0.3, -0.25) is 9.78 Å². The van der Waals surface area contributed by atoms with Crippen molar-refractivity contribution in [2.45, 2.75) is 51.6 Å². The quantitative estimate of drug-likeness (QED) is 0.283. The van der Waals surface area contributed by atoms with Crippen molar-refractivity contribution in [3.8, 4) is 12.1 Å². The average Bonchev–Trinajstić information content (AvgIpc) is 3.39. The third-order valence-corrected chi connectivity index (χ3v) is 7.40. The number of nitrogens with zero attached hydrogens (tertiary/aromatic N) is 6. The molecule has 1 saturated carbocycles. The summed E-state index contributed by atoms with van der Waals surface area (Å²) < 4.78 is 15.4. The molecular weight excluding hydrogens is 521 g/mol. The first kappa shape index (κ1) is 27.5. The van der Waals surface area contributed by atoms with Gasteiger partial charge in [-0.15, -0.1) is 5.10 Å². The van der Waals surface area contributed by atoms with Crippen molar-refractivity contribution in [3.05, 3.63) is 77.0 Å². The highest BCUT2D eigenvalue weighted by Gasteiger charge is 2.46. The molecule has 1 aliphatic carbocycles. The molecule has 41 heavy (non-hydrogen) atoms. The first-order chi connectivity index (χ1) is 19.5. The summed E-state index contributed by atoms with van der Waals surface area (Å²) in [6, 6.07) is 13.1. The van der Waals surface area contributed by atoms with Crippen molar-refractivity contribution in [1.82, 2.24) is 20.0 Å². The molecule has 4 aromatic rings. The van der Waals surface area contributed by atoms with E-state index in [1.54, 1.807) is 30.5 Å². The molecule has 4 N–H and O–H groups in total. The number of pyridine rings is 1. The molecule has 5 rings (SSSR count). The summed E-state index contributed by atoms with van der Waals surface area (Å²) in [4.78, 5) is 16.9. The van der Waals surface area contributed by atoms with Gasteiger partial charge >= 0.3 is 0 Å². The Morgan fingerprint density at radius 2 is 1.93 bits per heavy atom. The molecule has 1 fully saturated rings. The van der Waals surface area contributed by atoms with Crippen LogP contribution in [0.2, 0.25) is 0 Å². The van der Waals surface area contributed by atoms with Gasteiger partial charge < -0.3 is 16.4 Å². The molecule has 2 aromatic heterocycles. The van der Waals surface area contributed by atoms with Crippen LogP contribution in [0, 0.1) is 33.9 Å². The molecule has 1 amide bonds. The van der Waals surface area contributed by atoms with Crippen LogP contribution in [0.5, 0.6) is 0 Å². The predicted octanol–water partition coefficient (Wildman–Crippen LogP) is 4.73. The number of hydrogen-bond acceptors (Lipinski definition) is 8. The van der Waals surface area contributed by atoms with Gasteiger partial charge in [0.1, 0.15) is 23.1 Å². The smallest absolute Gasteiger partial charge is 0.245 e. The van der Waals surface area contributed by atoms with E-state index in [1.807, 2.05) is 0 Å². The molecule has 0 saturated heterocycles. The second-order valence-electron chi connectivity index (χ2n) is 11.6. The van der Waals surface area contributed by atoms with Crippen molar-refractivity contribution in [1.29, 1.82) is 10.5 Å². The molecule has 2 heterocycles. The molecule has 1 atom stereocenters. The summed E-state index contributed by atoms with van der Waals surface area (Å²) in [6.45, 7) is 6.82. The van der Waals surface area contributed by atoms with Gasteiger partial charge in [0.2, 0.25) is 5.91 Å². The van der Waals surface area contributed by atoms with Gasteiger partial charge in [0.05, 0.1) is 46.3 Å². The van der Waals surface area contributed by atoms with E-state index >= 15 is 0 Å². The number of carbonyl (C=O) groups excluding carboxylic acids is 1. The molecule has 0 aliphatic heterocycles. The summed E-state index contributed by atoms with van der Waals surface area (Å²) in [5.41, 5.74) is 8.24. The van der Waals surface area contributed by atoms with Crippen LogP contribution in [-0.4, -0.2) is 32.4 Å². The molecule has 208 valence electrons. The Labute approximate surface area is 237 Å². The Bertz CT molecular complexity index is 1700. The van der Waals surface area contributed by atoms with Gasteiger partial charge in [0.15, 0.2) is 0 Å². The van der Waals surface area contributed by atoms with E-state index in [9.17, 15) is 19.7 Å². The Hall–Kier alpha value is -5.03. The Kier molecular flexibility index (Phi) is 7.06. The first-order valence-corrected chi connectivity index (χ1v) is 13.3. The third kappa shape index (κ3) is 5.27. The molecule has 10 nitrogen and oxygen atoms in total. The number of rotatable bonds is 8. The maximum absolute atomic E-state index is 13.9. The summed E-state index contributed by atoms with van der Waals surface area (Å²) in [7, 11) is 0. The number of nitriles is 2. The Balaban J connectivity index is 1.64. The standard InChI is InChI=1S/C30H30FN9O/c1-29(2,3)17-36-25-20(14-33)15-35-27-22(25)11-18(13-32)12-23(27)37-26(19-5-7-21(31)8-6-19)24-16-40(39-38-24)30(28(34)41)9-4-10-30/h5-8,11-12,15-16,26,37H,4,9-10,17H2,1-3H3,(H2,34,41)(H,35,36)/t26-/m0/s1. The van der Waals surface area contributed by atoms with Crippen LogP contribution < -0.4 is 16.4 Å². The van der Waals surface area contributed by atoms with Crippen molar-refractivity contribution in [3.63, 3.8) is 0 Å². The van der Waals surface area contributed by atoms with Crippen molar-refractivity contribution >= 4 is 28.2 Å². The van der Waals surface area contributed by atoms with Gasteiger partial charge in [-0.1, -0.05) is 38.1 Å². The van der Waals surface area contributed by atoms with Gasteiger partial charge in [-0.05, 0) is 54.5 Å². The van der Waals surface area contributed by atoms with E-state index < -0.39 is 23.3 Å². The molecule has 1 aliphatic rings. The minimum absolute atomic E-state index is 0.0710. The van der Waals surface area contributed by atoms with Crippen LogP contribution in [0.3, 0.4) is 0 Å². The number of halogens is 1. The fraction of sp³-hybridized carbons (Fsp3) is 0.333. The molecule has 11 heteroatoms. The summed E-state index contributed by atoms with van der Waals surface area (Å²) in [5, 5.41) is 35.7. The number of primary amides is 1. The van der Waals surface area contributed by atoms with Crippen molar-refractivity contribution in [2.24, 2.45) is 11.1 Å². The number of fused-ring (bicyclic) bond motifs is 1. The van der Waals surface area contributed by atoms with E-state index in [2.05, 4.69) is 58.8 Å². The number of benzene rings is 2. The monoisotopic (exact) mass is 551 g/mol. The fourth-order valence-electron chi connectivity index (χ4n) is 4.96. The fourth-order valence-corrected chi connectivity index (χ4v) is 4.96. The van der Waals surface area contributed by atoms with Crippen LogP contribution >= 0.6 is 0 Å². The highest BCUT2D eigenvalue weighted by Crippen LogP contribution is 2.40. The van der Waals surface area contributed by atoms with Crippen LogP contribution in [0.25, 0.3) is 10.9 Å². The molecule has 0 radical (unpaired) electrons. The summed E-state index contributed by atoms with van der Waals surface area (Å²) >= 11 is 0.